The molecular weight excluding hydrogens is 379 g/mol. The lowest BCUT2D eigenvalue weighted by molar-refractivity contribution is -0.187. The number of unbranched alkanes of at least 4 members (excludes halogenated alkanes) is 1. The lowest BCUT2D eigenvalue weighted by atomic mass is 9.99. The summed E-state index contributed by atoms with van der Waals surface area (Å²) in [4.78, 5) is 0. The zero-order chi connectivity index (χ0) is 20.9. The van der Waals surface area contributed by atoms with E-state index in [0.29, 0.717) is 0 Å². The van der Waals surface area contributed by atoms with Gasteiger partial charge in [0, 0.05) is 0 Å². The van der Waals surface area contributed by atoms with Crippen molar-refractivity contribution in [1.29, 1.82) is 0 Å². The van der Waals surface area contributed by atoms with Gasteiger partial charge in [0.05, 0.1) is 17.7 Å². The van der Waals surface area contributed by atoms with Crippen molar-refractivity contribution in [2.45, 2.75) is 52.6 Å². The van der Waals surface area contributed by atoms with Gasteiger partial charge in [-0.15, -0.1) is 0 Å². The monoisotopic (exact) mass is 402 g/mol. The zero-order valence-electron chi connectivity index (χ0n) is 16.0. The molecule has 7 heteroatoms. The molecule has 28 heavy (non-hydrogen) atoms. The van der Waals surface area contributed by atoms with Crippen LogP contribution in [0.2, 0.25) is 0 Å². The molecule has 0 N–H and O–H groups in total. The maximum absolute atomic E-state index is 14.8. The van der Waals surface area contributed by atoms with E-state index in [-0.39, 0.29) is 17.9 Å². The Morgan fingerprint density at radius 2 is 1.71 bits per heavy atom. The summed E-state index contributed by atoms with van der Waals surface area (Å²) in [6, 6.07) is 6.95. The maximum Gasteiger partial charge on any atom is 0.427 e. The van der Waals surface area contributed by atoms with E-state index in [0.717, 1.165) is 30.9 Å². The summed E-state index contributed by atoms with van der Waals surface area (Å²) >= 11 is 0. The number of aryl methyl sites for hydroxylation is 2. The van der Waals surface area contributed by atoms with E-state index < -0.39 is 35.2 Å². The molecule has 0 aliphatic heterocycles. The number of hydrogen-bond acceptors (Lipinski definition) is 2. The smallest absolute Gasteiger partial charge is 0.427 e. The predicted octanol–water partition coefficient (Wildman–Crippen LogP) is 6.94. The van der Waals surface area contributed by atoms with E-state index in [2.05, 4.69) is 0 Å². The average molecular weight is 402 g/mol. The number of halogens is 5. The van der Waals surface area contributed by atoms with Crippen LogP contribution in [0.5, 0.6) is 11.5 Å². The molecule has 0 spiro atoms. The molecule has 0 bridgehead atoms. The van der Waals surface area contributed by atoms with Crippen molar-refractivity contribution in [2.24, 2.45) is 0 Å². The first-order valence-electron chi connectivity index (χ1n) is 9.11. The van der Waals surface area contributed by atoms with Crippen molar-refractivity contribution < 1.29 is 31.4 Å². The van der Waals surface area contributed by atoms with E-state index >= 15 is 0 Å². The molecule has 2 rings (SSSR count). The minimum atomic E-state index is -4.15. The summed E-state index contributed by atoms with van der Waals surface area (Å²) < 4.78 is 80.5. The third-order valence-electron chi connectivity index (χ3n) is 4.26. The number of ether oxygens (including phenoxy) is 2. The Bertz CT molecular complexity index is 788. The van der Waals surface area contributed by atoms with Crippen LogP contribution >= 0.6 is 0 Å². The van der Waals surface area contributed by atoms with Crippen molar-refractivity contribution in [3.05, 3.63) is 58.4 Å². The summed E-state index contributed by atoms with van der Waals surface area (Å²) in [7, 11) is 0. The van der Waals surface area contributed by atoms with Gasteiger partial charge in [0.15, 0.2) is 11.6 Å². The van der Waals surface area contributed by atoms with E-state index in [1.54, 1.807) is 12.1 Å². The molecule has 0 unspecified atom stereocenters. The van der Waals surface area contributed by atoms with Crippen LogP contribution in [0.4, 0.5) is 22.0 Å². The van der Waals surface area contributed by atoms with Crippen molar-refractivity contribution in [3.8, 4) is 11.5 Å². The molecule has 2 aromatic rings. The first kappa shape index (κ1) is 22.0. The molecule has 0 aliphatic carbocycles. The highest BCUT2D eigenvalue weighted by atomic mass is 19.3. The Hall–Kier alpha value is -2.31. The lowest BCUT2D eigenvalue weighted by Crippen LogP contribution is -2.26. The third-order valence-corrected chi connectivity index (χ3v) is 4.26. The third kappa shape index (κ3) is 4.94. The highest BCUT2D eigenvalue weighted by Gasteiger charge is 2.43. The molecule has 0 radical (unpaired) electrons. The van der Waals surface area contributed by atoms with Crippen LogP contribution in [0.25, 0.3) is 0 Å². The van der Waals surface area contributed by atoms with Crippen LogP contribution in [-0.2, 0) is 12.5 Å². The van der Waals surface area contributed by atoms with Crippen LogP contribution in [0.3, 0.4) is 0 Å². The van der Waals surface area contributed by atoms with Crippen molar-refractivity contribution in [2.75, 3.05) is 6.61 Å². The number of alkyl halides is 4. The highest BCUT2D eigenvalue weighted by molar-refractivity contribution is 5.46. The fourth-order valence-corrected chi connectivity index (χ4v) is 2.94. The number of benzene rings is 2. The van der Waals surface area contributed by atoms with Gasteiger partial charge >= 0.3 is 6.11 Å². The second-order valence-electron chi connectivity index (χ2n) is 6.39. The highest BCUT2D eigenvalue weighted by Crippen LogP contribution is 2.43. The van der Waals surface area contributed by atoms with E-state index in [1.165, 1.54) is 26.0 Å². The van der Waals surface area contributed by atoms with Crippen molar-refractivity contribution in [3.63, 3.8) is 0 Å². The van der Waals surface area contributed by atoms with E-state index in [1.807, 2.05) is 6.92 Å². The van der Waals surface area contributed by atoms with Crippen LogP contribution in [0.15, 0.2) is 30.3 Å². The summed E-state index contributed by atoms with van der Waals surface area (Å²) in [5.74, 6) is -2.19. The average Bonchev–Trinajstić information content (AvgIpc) is 2.63. The lowest BCUT2D eigenvalue weighted by Gasteiger charge is -2.24. The van der Waals surface area contributed by atoms with Gasteiger partial charge < -0.3 is 9.47 Å². The van der Waals surface area contributed by atoms with Gasteiger partial charge in [-0.3, -0.25) is 0 Å². The van der Waals surface area contributed by atoms with Gasteiger partial charge in [-0.1, -0.05) is 25.5 Å². The van der Waals surface area contributed by atoms with E-state index in [9.17, 15) is 22.0 Å². The minimum Gasteiger partial charge on any atom is -0.491 e. The molecule has 0 saturated carbocycles. The molecule has 2 nitrogen and oxygen atoms in total. The Morgan fingerprint density at radius 3 is 2.25 bits per heavy atom. The molecular formula is C21H23F5O2. The Kier molecular flexibility index (Phi) is 7.27. The minimum absolute atomic E-state index is 0.00958. The number of rotatable bonds is 9. The molecule has 0 heterocycles. The van der Waals surface area contributed by atoms with Crippen LogP contribution < -0.4 is 9.47 Å². The second kappa shape index (κ2) is 9.26. The Labute approximate surface area is 161 Å². The van der Waals surface area contributed by atoms with Gasteiger partial charge in [-0.2, -0.15) is 8.78 Å². The molecule has 0 amide bonds. The topological polar surface area (TPSA) is 18.5 Å². The standard InChI is InChI=1S/C21H23F5O2/c1-4-6-7-14-8-10-15(11-9-14)28-21(25,26)18-13(3)12-16(27-5-2)19(22)17(18)20(23)24/h8-12,20H,4-7H2,1-3H3. The Morgan fingerprint density at radius 1 is 1.07 bits per heavy atom. The first-order valence-corrected chi connectivity index (χ1v) is 9.11. The quantitative estimate of drug-likeness (QED) is 0.423. The summed E-state index contributed by atoms with van der Waals surface area (Å²) in [5.41, 5.74) is -1.88. The molecule has 0 saturated heterocycles. The Balaban J connectivity index is 2.40. The fourth-order valence-electron chi connectivity index (χ4n) is 2.94. The molecule has 0 aromatic heterocycles. The largest absolute Gasteiger partial charge is 0.491 e. The van der Waals surface area contributed by atoms with Crippen molar-refractivity contribution >= 4 is 0 Å². The van der Waals surface area contributed by atoms with Gasteiger partial charge in [-0.05, 0) is 56.0 Å². The molecule has 154 valence electrons. The van der Waals surface area contributed by atoms with Gasteiger partial charge in [-0.25, -0.2) is 13.2 Å². The van der Waals surface area contributed by atoms with Gasteiger partial charge in [0.1, 0.15) is 5.75 Å². The van der Waals surface area contributed by atoms with Crippen LogP contribution in [0, 0.1) is 12.7 Å². The van der Waals surface area contributed by atoms with Gasteiger partial charge in [0.25, 0.3) is 6.43 Å². The first-order chi connectivity index (χ1) is 13.2. The molecule has 0 fully saturated rings. The van der Waals surface area contributed by atoms with E-state index in [4.69, 9.17) is 9.47 Å². The SMILES string of the molecule is CCCCc1ccc(OC(F)(F)c2c(C)cc(OCC)c(F)c2C(F)F)cc1. The maximum atomic E-state index is 14.8. The predicted molar refractivity (Wildman–Crippen MR) is 96.8 cm³/mol. The molecule has 0 atom stereocenters. The van der Waals surface area contributed by atoms with Crippen LogP contribution in [0.1, 0.15) is 55.4 Å². The summed E-state index contributed by atoms with van der Waals surface area (Å²) in [6.07, 6.45) is -4.85. The zero-order valence-corrected chi connectivity index (χ0v) is 16.0. The fraction of sp³-hybridized carbons (Fsp3) is 0.429. The second-order valence-corrected chi connectivity index (χ2v) is 6.39. The van der Waals surface area contributed by atoms with Crippen molar-refractivity contribution in [1.82, 2.24) is 0 Å². The molecule has 2 aromatic carbocycles. The normalized spacial score (nSPS) is 11.8. The molecule has 0 aliphatic rings. The van der Waals surface area contributed by atoms with Crippen LogP contribution in [-0.4, -0.2) is 6.61 Å². The number of hydrogen-bond donors (Lipinski definition) is 0. The summed E-state index contributed by atoms with van der Waals surface area (Å²) in [5, 5.41) is 0. The van der Waals surface area contributed by atoms with Gasteiger partial charge in [0.2, 0.25) is 0 Å². The summed E-state index contributed by atoms with van der Waals surface area (Å²) in [6.45, 7) is 4.77.